The number of halogens is 3. The van der Waals surface area contributed by atoms with E-state index >= 15 is 0 Å². The van der Waals surface area contributed by atoms with Gasteiger partial charge in [0.2, 0.25) is 6.10 Å². The number of methoxy groups -OCH3 is 1. The molecule has 1 atom stereocenters. The van der Waals surface area contributed by atoms with Gasteiger partial charge in [-0.2, -0.15) is 0 Å². The highest BCUT2D eigenvalue weighted by atomic mass is 35.6. The van der Waals surface area contributed by atoms with Gasteiger partial charge in [0, 0.05) is 0 Å². The van der Waals surface area contributed by atoms with Gasteiger partial charge >= 0.3 is 18.0 Å². The van der Waals surface area contributed by atoms with E-state index in [-0.39, 0.29) is 6.61 Å². The molecule has 124 valence electrons. The van der Waals surface area contributed by atoms with Gasteiger partial charge in [0.05, 0.1) is 19.3 Å². The van der Waals surface area contributed by atoms with Crippen LogP contribution in [0.1, 0.15) is 6.92 Å². The van der Waals surface area contributed by atoms with Gasteiger partial charge in [-0.25, -0.2) is 14.4 Å². The molecule has 0 radical (unpaired) electrons. The molecular formula is C11H12Cl3NO7. The molecule has 0 spiro atoms. The van der Waals surface area contributed by atoms with Gasteiger partial charge in [0.15, 0.2) is 0 Å². The summed E-state index contributed by atoms with van der Waals surface area (Å²) < 4.78 is 11.1. The van der Waals surface area contributed by atoms with Crippen LogP contribution >= 0.6 is 34.8 Å². The Hall–Kier alpha value is -1.51. The van der Waals surface area contributed by atoms with E-state index in [4.69, 9.17) is 34.8 Å². The number of imide groups is 1. The summed E-state index contributed by atoms with van der Waals surface area (Å²) in [6.07, 6.45) is -3.27. The lowest BCUT2D eigenvalue weighted by Crippen LogP contribution is -2.43. The Kier molecular flexibility index (Phi) is 8.21. The monoisotopic (exact) mass is 375 g/mol. The first-order valence-electron chi connectivity index (χ1n) is 5.57. The molecule has 0 aromatic rings. The Balaban J connectivity index is 5.03. The number of rotatable bonds is 5. The SMILES string of the molecule is C=C(C(=O)OC)C(OC(=O)NC(=O)C(Cl)(Cl)Cl)C(=O)OCC. The van der Waals surface area contributed by atoms with E-state index < -0.39 is 39.4 Å². The number of alkyl halides is 3. The number of esters is 2. The van der Waals surface area contributed by atoms with Crippen LogP contribution in [0.5, 0.6) is 0 Å². The second-order valence-corrected chi connectivity index (χ2v) is 5.79. The summed E-state index contributed by atoms with van der Waals surface area (Å²) in [4.78, 5) is 45.8. The molecule has 22 heavy (non-hydrogen) atoms. The van der Waals surface area contributed by atoms with E-state index in [1.165, 1.54) is 6.92 Å². The Labute approximate surface area is 140 Å². The van der Waals surface area contributed by atoms with Crippen LogP contribution in [-0.2, 0) is 28.6 Å². The van der Waals surface area contributed by atoms with E-state index in [1.807, 2.05) is 0 Å². The molecule has 0 aliphatic rings. The Morgan fingerprint density at radius 3 is 2.18 bits per heavy atom. The van der Waals surface area contributed by atoms with Gasteiger partial charge in [-0.05, 0) is 6.92 Å². The normalized spacial score (nSPS) is 11.9. The molecule has 0 aliphatic heterocycles. The van der Waals surface area contributed by atoms with Crippen molar-refractivity contribution in [3.05, 3.63) is 12.2 Å². The molecule has 8 nitrogen and oxygen atoms in total. The van der Waals surface area contributed by atoms with Gasteiger partial charge < -0.3 is 14.2 Å². The van der Waals surface area contributed by atoms with Crippen molar-refractivity contribution in [2.24, 2.45) is 0 Å². The van der Waals surface area contributed by atoms with Crippen LogP contribution in [0.4, 0.5) is 4.79 Å². The Morgan fingerprint density at radius 1 is 1.23 bits per heavy atom. The average Bonchev–Trinajstić information content (AvgIpc) is 2.42. The lowest BCUT2D eigenvalue weighted by atomic mass is 10.1. The summed E-state index contributed by atoms with van der Waals surface area (Å²) in [6.45, 7) is 4.70. The minimum Gasteiger partial charge on any atom is -0.466 e. The van der Waals surface area contributed by atoms with Crippen LogP contribution < -0.4 is 5.32 Å². The van der Waals surface area contributed by atoms with Crippen molar-refractivity contribution < 1.29 is 33.4 Å². The molecule has 0 aromatic heterocycles. The first kappa shape index (κ1) is 20.5. The molecule has 0 fully saturated rings. The summed E-state index contributed by atoms with van der Waals surface area (Å²) >= 11 is 15.7. The number of ether oxygens (including phenoxy) is 3. The number of carbonyl (C=O) groups excluding carboxylic acids is 4. The van der Waals surface area contributed by atoms with Crippen LogP contribution in [-0.4, -0.2) is 47.6 Å². The highest BCUT2D eigenvalue weighted by molar-refractivity contribution is 6.76. The van der Waals surface area contributed by atoms with E-state index in [0.717, 1.165) is 7.11 Å². The van der Waals surface area contributed by atoms with Crippen LogP contribution in [0, 0.1) is 0 Å². The fraction of sp³-hybridized carbons (Fsp3) is 0.455. The summed E-state index contributed by atoms with van der Waals surface area (Å²) in [6, 6.07) is 0. The Morgan fingerprint density at radius 2 is 1.77 bits per heavy atom. The highest BCUT2D eigenvalue weighted by Gasteiger charge is 2.36. The number of hydrogen-bond donors (Lipinski definition) is 1. The number of carbonyl (C=O) groups is 4. The van der Waals surface area contributed by atoms with Crippen molar-refractivity contribution in [3.8, 4) is 0 Å². The fourth-order valence-corrected chi connectivity index (χ4v) is 1.16. The second kappa shape index (κ2) is 8.82. The third kappa shape index (κ3) is 6.50. The molecule has 2 amide bonds. The van der Waals surface area contributed by atoms with Gasteiger partial charge in [-0.1, -0.05) is 41.4 Å². The number of amides is 2. The average molecular weight is 377 g/mol. The van der Waals surface area contributed by atoms with Gasteiger partial charge in [0.25, 0.3) is 9.70 Å². The zero-order valence-electron chi connectivity index (χ0n) is 11.5. The summed E-state index contributed by atoms with van der Waals surface area (Å²) in [7, 11) is 1.03. The summed E-state index contributed by atoms with van der Waals surface area (Å²) in [5.74, 6) is -3.42. The molecule has 0 saturated carbocycles. The van der Waals surface area contributed by atoms with Crippen LogP contribution in [0.15, 0.2) is 12.2 Å². The smallest absolute Gasteiger partial charge is 0.415 e. The number of nitrogens with one attached hydrogen (secondary N) is 1. The van der Waals surface area contributed by atoms with E-state index in [2.05, 4.69) is 20.8 Å². The predicted octanol–water partition coefficient (Wildman–Crippen LogP) is 1.27. The standard InChI is InChI=1S/C11H12Cl3NO7/c1-4-21-8(17)6(5(2)7(16)20-3)22-10(19)15-9(18)11(12,13)14/h6H,2,4H2,1,3H3,(H,15,18,19). The molecule has 1 N–H and O–H groups in total. The lowest BCUT2D eigenvalue weighted by Gasteiger charge is -2.18. The molecule has 0 aromatic carbocycles. The van der Waals surface area contributed by atoms with Crippen molar-refractivity contribution in [1.82, 2.24) is 5.32 Å². The largest absolute Gasteiger partial charge is 0.466 e. The van der Waals surface area contributed by atoms with Crippen LogP contribution in [0.2, 0.25) is 0 Å². The highest BCUT2D eigenvalue weighted by Crippen LogP contribution is 2.25. The van der Waals surface area contributed by atoms with Crippen molar-refractivity contribution in [2.45, 2.75) is 16.8 Å². The molecule has 0 rings (SSSR count). The third-order valence-corrected chi connectivity index (χ3v) is 2.48. The molecule has 0 aliphatic carbocycles. The van der Waals surface area contributed by atoms with Crippen molar-refractivity contribution in [2.75, 3.05) is 13.7 Å². The molecule has 0 heterocycles. The van der Waals surface area contributed by atoms with Crippen molar-refractivity contribution in [1.29, 1.82) is 0 Å². The Bertz CT molecular complexity index is 487. The minimum atomic E-state index is -2.42. The zero-order chi connectivity index (χ0) is 17.5. The maximum atomic E-state index is 11.7. The number of alkyl carbamates (subject to hydrolysis) is 1. The minimum absolute atomic E-state index is 0.0537. The van der Waals surface area contributed by atoms with E-state index in [1.54, 1.807) is 5.32 Å². The maximum Gasteiger partial charge on any atom is 0.415 e. The third-order valence-electron chi connectivity index (χ3n) is 1.96. The quantitative estimate of drug-likeness (QED) is 0.333. The molecule has 1 unspecified atom stereocenters. The summed E-state index contributed by atoms with van der Waals surface area (Å²) in [5, 5.41) is 1.56. The van der Waals surface area contributed by atoms with Crippen LogP contribution in [0.3, 0.4) is 0 Å². The van der Waals surface area contributed by atoms with Gasteiger partial charge in [-0.3, -0.25) is 10.1 Å². The second-order valence-electron chi connectivity index (χ2n) is 3.51. The molecule has 0 bridgehead atoms. The topological polar surface area (TPSA) is 108 Å². The number of hydrogen-bond acceptors (Lipinski definition) is 7. The molecular weight excluding hydrogens is 364 g/mol. The predicted molar refractivity (Wildman–Crippen MR) is 76.5 cm³/mol. The van der Waals surface area contributed by atoms with E-state index in [0.29, 0.717) is 0 Å². The van der Waals surface area contributed by atoms with Crippen LogP contribution in [0.25, 0.3) is 0 Å². The van der Waals surface area contributed by atoms with Crippen molar-refractivity contribution in [3.63, 3.8) is 0 Å². The first-order valence-corrected chi connectivity index (χ1v) is 6.70. The summed E-state index contributed by atoms with van der Waals surface area (Å²) in [5.41, 5.74) is -0.516. The molecule has 11 heteroatoms. The zero-order valence-corrected chi connectivity index (χ0v) is 13.8. The lowest BCUT2D eigenvalue weighted by molar-refractivity contribution is -0.154. The maximum absolute atomic E-state index is 11.7. The first-order chi connectivity index (χ1) is 10.0. The fourth-order valence-electron chi connectivity index (χ4n) is 1.02. The van der Waals surface area contributed by atoms with Gasteiger partial charge in [-0.15, -0.1) is 0 Å². The van der Waals surface area contributed by atoms with Crippen molar-refractivity contribution >= 4 is 58.7 Å². The van der Waals surface area contributed by atoms with Gasteiger partial charge in [0.1, 0.15) is 0 Å². The molecule has 0 saturated heterocycles. The van der Waals surface area contributed by atoms with E-state index in [9.17, 15) is 19.2 Å².